The number of anilines is 2. The number of fused-ring (bicyclic) bond motifs is 3. The molecule has 3 N–H and O–H groups in total. The Kier molecular flexibility index (Phi) is 4.36. The summed E-state index contributed by atoms with van der Waals surface area (Å²) in [5.74, 6) is 3.31. The van der Waals surface area contributed by atoms with Gasteiger partial charge in [-0.25, -0.2) is 15.0 Å². The summed E-state index contributed by atoms with van der Waals surface area (Å²) in [6.45, 7) is 0. The zero-order chi connectivity index (χ0) is 21.9. The molecule has 0 saturated heterocycles. The molecule has 2 saturated carbocycles. The maximum atomic E-state index is 6.03. The molecule has 6 heteroatoms. The van der Waals surface area contributed by atoms with E-state index in [0.717, 1.165) is 47.0 Å². The minimum Gasteiger partial charge on any atom is -0.383 e. The zero-order valence-corrected chi connectivity index (χ0v) is 18.9. The van der Waals surface area contributed by atoms with E-state index in [2.05, 4.69) is 56.4 Å². The molecule has 0 amide bonds. The summed E-state index contributed by atoms with van der Waals surface area (Å²) < 4.78 is 2.32. The summed E-state index contributed by atoms with van der Waals surface area (Å²) in [4.78, 5) is 13.6. The number of aromatic nitrogens is 4. The number of nitrogen functional groups attached to an aromatic ring is 1. The van der Waals surface area contributed by atoms with Crippen LogP contribution in [0, 0.1) is 11.8 Å². The van der Waals surface area contributed by atoms with E-state index in [1.54, 1.807) is 6.33 Å². The van der Waals surface area contributed by atoms with E-state index in [1.165, 1.54) is 55.0 Å². The van der Waals surface area contributed by atoms with Gasteiger partial charge in [0.05, 0.1) is 10.9 Å². The van der Waals surface area contributed by atoms with Crippen molar-refractivity contribution in [3.05, 3.63) is 54.0 Å². The first-order chi connectivity index (χ1) is 16.2. The van der Waals surface area contributed by atoms with E-state index in [1.807, 2.05) is 0 Å². The van der Waals surface area contributed by atoms with Crippen molar-refractivity contribution in [1.29, 1.82) is 0 Å². The van der Waals surface area contributed by atoms with E-state index < -0.39 is 0 Å². The van der Waals surface area contributed by atoms with Gasteiger partial charge >= 0.3 is 0 Å². The Morgan fingerprint density at radius 1 is 1.06 bits per heavy atom. The van der Waals surface area contributed by atoms with Crippen LogP contribution in [-0.4, -0.2) is 25.6 Å². The summed E-state index contributed by atoms with van der Waals surface area (Å²) in [5.41, 5.74) is 10.9. The monoisotopic (exact) mass is 438 g/mol. The fraction of sp³-hybridized carbons (Fsp3) is 0.444. The lowest BCUT2D eigenvalue weighted by Gasteiger charge is -2.14. The van der Waals surface area contributed by atoms with Crippen LogP contribution in [-0.2, 0) is 12.8 Å². The number of aryl methyl sites for hydroxylation is 1. The van der Waals surface area contributed by atoms with Crippen LogP contribution in [0.2, 0.25) is 0 Å². The van der Waals surface area contributed by atoms with Crippen molar-refractivity contribution in [3.8, 4) is 0 Å². The average molecular weight is 439 g/mol. The summed E-state index contributed by atoms with van der Waals surface area (Å²) in [7, 11) is 0. The summed E-state index contributed by atoms with van der Waals surface area (Å²) in [6.07, 6.45) is 13.6. The fourth-order valence-corrected chi connectivity index (χ4v) is 6.16. The van der Waals surface area contributed by atoms with E-state index in [0.29, 0.717) is 17.9 Å². The SMILES string of the molecule is Nc1ncnc2c1ccn2C1CCC(CCc2ccc3cc4c(nc3c2)NC(C2CC2)C4)C1. The highest BCUT2D eigenvalue weighted by Gasteiger charge is 2.35. The molecule has 4 aromatic rings. The van der Waals surface area contributed by atoms with Gasteiger partial charge in [-0.15, -0.1) is 0 Å². The van der Waals surface area contributed by atoms with Gasteiger partial charge in [0.15, 0.2) is 0 Å². The van der Waals surface area contributed by atoms with Gasteiger partial charge in [-0.05, 0) is 92.5 Å². The lowest BCUT2D eigenvalue weighted by atomic mass is 9.97. The maximum absolute atomic E-state index is 6.03. The molecule has 4 heterocycles. The number of benzene rings is 1. The molecule has 3 unspecified atom stereocenters. The predicted octanol–water partition coefficient (Wildman–Crippen LogP) is 5.28. The molecule has 6 nitrogen and oxygen atoms in total. The Morgan fingerprint density at radius 3 is 2.91 bits per heavy atom. The first kappa shape index (κ1) is 19.3. The lowest BCUT2D eigenvalue weighted by molar-refractivity contribution is 0.461. The van der Waals surface area contributed by atoms with E-state index in [-0.39, 0.29) is 0 Å². The van der Waals surface area contributed by atoms with Crippen LogP contribution in [0.5, 0.6) is 0 Å². The average Bonchev–Trinajstić information content (AvgIpc) is 3.22. The summed E-state index contributed by atoms with van der Waals surface area (Å²) in [5, 5.41) is 5.93. The van der Waals surface area contributed by atoms with E-state index in [4.69, 9.17) is 10.7 Å². The normalized spacial score (nSPS) is 24.4. The summed E-state index contributed by atoms with van der Waals surface area (Å²) in [6, 6.07) is 12.4. The van der Waals surface area contributed by atoms with Crippen molar-refractivity contribution in [1.82, 2.24) is 19.5 Å². The topological polar surface area (TPSA) is 81.7 Å². The van der Waals surface area contributed by atoms with Crippen LogP contribution in [0.1, 0.15) is 55.7 Å². The molecule has 7 rings (SSSR count). The highest BCUT2D eigenvalue weighted by Crippen LogP contribution is 2.41. The van der Waals surface area contributed by atoms with Gasteiger partial charge in [0.1, 0.15) is 23.6 Å². The van der Waals surface area contributed by atoms with Crippen LogP contribution in [0.25, 0.3) is 21.9 Å². The molecule has 0 radical (unpaired) electrons. The van der Waals surface area contributed by atoms with Gasteiger partial charge < -0.3 is 15.6 Å². The Bertz CT molecular complexity index is 1350. The number of nitrogens with one attached hydrogen (secondary N) is 1. The molecule has 2 aliphatic carbocycles. The third kappa shape index (κ3) is 3.43. The molecule has 2 fully saturated rings. The zero-order valence-electron chi connectivity index (χ0n) is 18.9. The maximum Gasteiger partial charge on any atom is 0.145 e. The second-order valence-corrected chi connectivity index (χ2v) is 10.4. The number of pyridine rings is 1. The molecule has 3 aliphatic rings. The van der Waals surface area contributed by atoms with Crippen molar-refractivity contribution in [3.63, 3.8) is 0 Å². The standard InChI is InChI=1S/C27H30N6/c28-25-22-9-10-33(27(22)30-15-29-25)21-8-4-16(11-21)1-2-17-3-5-19-13-20-14-24(18-6-7-18)32-26(20)31-23(19)12-17/h3,5,9-10,12-13,15-16,18,21,24H,1-2,4,6-8,11,14H2,(H,31,32)(H2,28,29,30). The number of rotatable bonds is 5. The van der Waals surface area contributed by atoms with Crippen LogP contribution < -0.4 is 11.1 Å². The van der Waals surface area contributed by atoms with Gasteiger partial charge in [0, 0.05) is 23.7 Å². The van der Waals surface area contributed by atoms with Crippen molar-refractivity contribution in [2.45, 2.75) is 63.5 Å². The van der Waals surface area contributed by atoms with Gasteiger partial charge in [-0.1, -0.05) is 12.1 Å². The first-order valence-electron chi connectivity index (χ1n) is 12.5. The van der Waals surface area contributed by atoms with Crippen molar-refractivity contribution >= 4 is 33.6 Å². The minimum atomic E-state index is 0.508. The van der Waals surface area contributed by atoms with Crippen LogP contribution >= 0.6 is 0 Å². The molecule has 0 spiro atoms. The van der Waals surface area contributed by atoms with Gasteiger partial charge in [0.2, 0.25) is 0 Å². The van der Waals surface area contributed by atoms with E-state index in [9.17, 15) is 0 Å². The van der Waals surface area contributed by atoms with Crippen molar-refractivity contribution in [2.75, 3.05) is 11.1 Å². The first-order valence-corrected chi connectivity index (χ1v) is 12.5. The Hall–Kier alpha value is -3.15. The Morgan fingerprint density at radius 2 is 2.00 bits per heavy atom. The summed E-state index contributed by atoms with van der Waals surface area (Å²) >= 11 is 0. The van der Waals surface area contributed by atoms with Crippen LogP contribution in [0.15, 0.2) is 42.9 Å². The molecular formula is C27H30N6. The predicted molar refractivity (Wildman–Crippen MR) is 132 cm³/mol. The number of nitrogens with zero attached hydrogens (tertiary/aromatic N) is 4. The minimum absolute atomic E-state index is 0.508. The van der Waals surface area contributed by atoms with Gasteiger partial charge in [-0.3, -0.25) is 0 Å². The molecule has 1 aromatic carbocycles. The molecule has 1 aliphatic heterocycles. The molecular weight excluding hydrogens is 408 g/mol. The molecule has 3 aromatic heterocycles. The van der Waals surface area contributed by atoms with Crippen molar-refractivity contribution < 1.29 is 0 Å². The second kappa shape index (κ2) is 7.44. The lowest BCUT2D eigenvalue weighted by Crippen LogP contribution is -2.17. The largest absolute Gasteiger partial charge is 0.383 e. The van der Waals surface area contributed by atoms with Crippen molar-refractivity contribution in [2.24, 2.45) is 11.8 Å². The highest BCUT2D eigenvalue weighted by atomic mass is 15.1. The molecule has 0 bridgehead atoms. The van der Waals surface area contributed by atoms with Gasteiger partial charge in [0.25, 0.3) is 0 Å². The highest BCUT2D eigenvalue weighted by molar-refractivity contribution is 5.86. The quantitative estimate of drug-likeness (QED) is 0.443. The third-order valence-corrected chi connectivity index (χ3v) is 8.20. The third-order valence-electron chi connectivity index (χ3n) is 8.20. The Labute approximate surface area is 193 Å². The number of hydrogen-bond donors (Lipinski definition) is 2. The van der Waals surface area contributed by atoms with Crippen LogP contribution in [0.4, 0.5) is 11.6 Å². The second-order valence-electron chi connectivity index (χ2n) is 10.4. The smallest absolute Gasteiger partial charge is 0.145 e. The molecule has 3 atom stereocenters. The molecule has 33 heavy (non-hydrogen) atoms. The van der Waals surface area contributed by atoms with Gasteiger partial charge in [-0.2, -0.15) is 0 Å². The van der Waals surface area contributed by atoms with E-state index >= 15 is 0 Å². The molecule has 168 valence electrons. The number of hydrogen-bond acceptors (Lipinski definition) is 5. The fourth-order valence-electron chi connectivity index (χ4n) is 6.16. The number of nitrogens with two attached hydrogens (primary N) is 1. The Balaban J connectivity index is 1.03. The van der Waals surface area contributed by atoms with Crippen LogP contribution in [0.3, 0.4) is 0 Å².